The number of carbonyl (C=O) groups excluding carboxylic acids is 1. The summed E-state index contributed by atoms with van der Waals surface area (Å²) in [5, 5.41) is 2.97. The third-order valence-electron chi connectivity index (χ3n) is 3.78. The summed E-state index contributed by atoms with van der Waals surface area (Å²) in [6.07, 6.45) is 2.06. The predicted molar refractivity (Wildman–Crippen MR) is 86.9 cm³/mol. The van der Waals surface area contributed by atoms with E-state index in [1.54, 1.807) is 0 Å². The van der Waals surface area contributed by atoms with Gasteiger partial charge in [-0.25, -0.2) is 0 Å². The summed E-state index contributed by atoms with van der Waals surface area (Å²) in [6.45, 7) is 3.04. The first-order valence-electron chi connectivity index (χ1n) is 7.51. The van der Waals surface area contributed by atoms with Gasteiger partial charge in [-0.05, 0) is 56.2 Å². The second kappa shape index (κ2) is 6.00. The summed E-state index contributed by atoms with van der Waals surface area (Å²) in [7, 11) is 0. The Balaban J connectivity index is 1.74. The highest BCUT2D eigenvalue weighted by molar-refractivity contribution is 5.94. The van der Waals surface area contributed by atoms with E-state index in [1.807, 2.05) is 30.3 Å². The van der Waals surface area contributed by atoms with Crippen LogP contribution in [0, 0.1) is 5.92 Å². The van der Waals surface area contributed by atoms with Gasteiger partial charge in [0.15, 0.2) is 0 Å². The van der Waals surface area contributed by atoms with E-state index >= 15 is 0 Å². The van der Waals surface area contributed by atoms with E-state index in [9.17, 15) is 4.79 Å². The summed E-state index contributed by atoms with van der Waals surface area (Å²) in [5.74, 6) is 0.388. The van der Waals surface area contributed by atoms with Crippen molar-refractivity contribution in [3.05, 3.63) is 54.6 Å². The Morgan fingerprint density at radius 1 is 1.05 bits per heavy atom. The highest BCUT2D eigenvalue weighted by Gasteiger charge is 2.29. The van der Waals surface area contributed by atoms with Crippen molar-refractivity contribution in [3.63, 3.8) is 0 Å². The number of nitrogens with one attached hydrogen (secondary N) is 1. The van der Waals surface area contributed by atoms with Gasteiger partial charge < -0.3 is 10.2 Å². The Hall–Kier alpha value is -2.29. The van der Waals surface area contributed by atoms with Crippen LogP contribution >= 0.6 is 0 Å². The van der Waals surface area contributed by atoms with Crippen LogP contribution in [-0.2, 0) is 4.79 Å². The molecular formula is C18H20N2O. The highest BCUT2D eigenvalue weighted by Crippen LogP contribution is 2.31. The summed E-state index contributed by atoms with van der Waals surface area (Å²) < 4.78 is 0. The summed E-state index contributed by atoms with van der Waals surface area (Å²) in [5.41, 5.74) is 3.18. The minimum Gasteiger partial charge on any atom is -0.342 e. The monoisotopic (exact) mass is 280 g/mol. The second-order valence-corrected chi connectivity index (χ2v) is 5.39. The smallest absolute Gasteiger partial charge is 0.227 e. The molecule has 1 amide bonds. The van der Waals surface area contributed by atoms with Gasteiger partial charge in [-0.3, -0.25) is 4.79 Å². The Morgan fingerprint density at radius 3 is 2.24 bits per heavy atom. The van der Waals surface area contributed by atoms with Crippen LogP contribution in [0.2, 0.25) is 0 Å². The van der Waals surface area contributed by atoms with Gasteiger partial charge in [-0.15, -0.1) is 0 Å². The molecule has 0 saturated heterocycles. The molecule has 1 saturated carbocycles. The number of anilines is 3. The van der Waals surface area contributed by atoms with Crippen LogP contribution in [0.1, 0.15) is 19.8 Å². The molecule has 2 aromatic carbocycles. The Morgan fingerprint density at radius 2 is 1.67 bits per heavy atom. The largest absolute Gasteiger partial charge is 0.342 e. The molecule has 1 N–H and O–H groups in total. The second-order valence-electron chi connectivity index (χ2n) is 5.39. The molecule has 2 aromatic rings. The molecule has 0 aliphatic heterocycles. The molecule has 3 rings (SSSR count). The molecule has 0 aromatic heterocycles. The lowest BCUT2D eigenvalue weighted by molar-refractivity contribution is -0.117. The van der Waals surface area contributed by atoms with Crippen LogP contribution in [0.5, 0.6) is 0 Å². The van der Waals surface area contributed by atoms with Crippen LogP contribution in [-0.4, -0.2) is 12.5 Å². The van der Waals surface area contributed by atoms with Gasteiger partial charge in [-0.1, -0.05) is 18.2 Å². The first-order valence-corrected chi connectivity index (χ1v) is 7.51. The average molecular weight is 280 g/mol. The van der Waals surface area contributed by atoms with Crippen LogP contribution < -0.4 is 10.2 Å². The fourth-order valence-corrected chi connectivity index (χ4v) is 2.44. The minimum atomic E-state index is 0.151. The third kappa shape index (κ3) is 3.24. The Labute approximate surface area is 125 Å². The van der Waals surface area contributed by atoms with Crippen LogP contribution in [0.15, 0.2) is 54.6 Å². The van der Waals surface area contributed by atoms with Crippen LogP contribution in [0.3, 0.4) is 0 Å². The molecule has 0 radical (unpaired) electrons. The van der Waals surface area contributed by atoms with Crippen molar-refractivity contribution in [2.75, 3.05) is 16.8 Å². The maximum atomic E-state index is 11.7. The van der Waals surface area contributed by atoms with Crippen molar-refractivity contribution in [2.24, 2.45) is 5.92 Å². The lowest BCUT2D eigenvalue weighted by Crippen LogP contribution is -2.16. The van der Waals surface area contributed by atoms with E-state index < -0.39 is 0 Å². The molecule has 0 spiro atoms. The fourth-order valence-electron chi connectivity index (χ4n) is 2.44. The van der Waals surface area contributed by atoms with Gasteiger partial charge in [0.1, 0.15) is 0 Å². The SMILES string of the molecule is CCN(c1ccccc1)c1ccc(NC(=O)C2CC2)cc1. The fraction of sp³-hybridized carbons (Fsp3) is 0.278. The summed E-state index contributed by atoms with van der Waals surface area (Å²) in [6, 6.07) is 18.4. The maximum Gasteiger partial charge on any atom is 0.227 e. The van der Waals surface area contributed by atoms with Gasteiger partial charge in [0.25, 0.3) is 0 Å². The van der Waals surface area contributed by atoms with E-state index in [1.165, 1.54) is 5.69 Å². The van der Waals surface area contributed by atoms with Gasteiger partial charge >= 0.3 is 0 Å². The first kappa shape index (κ1) is 13.7. The molecule has 3 nitrogen and oxygen atoms in total. The Kier molecular flexibility index (Phi) is 3.91. The molecule has 0 bridgehead atoms. The zero-order valence-corrected chi connectivity index (χ0v) is 12.3. The number of amides is 1. The van der Waals surface area contributed by atoms with Crippen molar-refractivity contribution >= 4 is 23.0 Å². The van der Waals surface area contributed by atoms with Gasteiger partial charge in [-0.2, -0.15) is 0 Å². The molecule has 1 fully saturated rings. The van der Waals surface area contributed by atoms with E-state index in [0.29, 0.717) is 0 Å². The van der Waals surface area contributed by atoms with Crippen molar-refractivity contribution in [2.45, 2.75) is 19.8 Å². The van der Waals surface area contributed by atoms with Crippen molar-refractivity contribution in [1.29, 1.82) is 0 Å². The van der Waals surface area contributed by atoms with E-state index in [4.69, 9.17) is 0 Å². The number of hydrogen-bond acceptors (Lipinski definition) is 2. The highest BCUT2D eigenvalue weighted by atomic mass is 16.2. The molecule has 21 heavy (non-hydrogen) atoms. The lowest BCUT2D eigenvalue weighted by atomic mass is 10.2. The maximum absolute atomic E-state index is 11.7. The zero-order chi connectivity index (χ0) is 14.7. The van der Waals surface area contributed by atoms with Gasteiger partial charge in [0, 0.05) is 29.5 Å². The molecule has 108 valence electrons. The normalized spacial score (nSPS) is 13.8. The van der Waals surface area contributed by atoms with Crippen molar-refractivity contribution < 1.29 is 4.79 Å². The zero-order valence-electron chi connectivity index (χ0n) is 12.3. The molecule has 0 atom stereocenters. The third-order valence-corrected chi connectivity index (χ3v) is 3.78. The van der Waals surface area contributed by atoms with E-state index in [0.717, 1.165) is 30.8 Å². The lowest BCUT2D eigenvalue weighted by Gasteiger charge is -2.23. The summed E-state index contributed by atoms with van der Waals surface area (Å²) in [4.78, 5) is 14.0. The Bertz CT molecular complexity index is 603. The number of nitrogens with zero attached hydrogens (tertiary/aromatic N) is 1. The molecular weight excluding hydrogens is 260 g/mol. The first-order chi connectivity index (χ1) is 10.3. The van der Waals surface area contributed by atoms with Gasteiger partial charge in [0.2, 0.25) is 5.91 Å². The average Bonchev–Trinajstić information content (AvgIpc) is 3.36. The predicted octanol–water partition coefficient (Wildman–Crippen LogP) is 4.19. The quantitative estimate of drug-likeness (QED) is 0.890. The van der Waals surface area contributed by atoms with Crippen LogP contribution in [0.25, 0.3) is 0 Å². The van der Waals surface area contributed by atoms with Gasteiger partial charge in [0.05, 0.1) is 0 Å². The topological polar surface area (TPSA) is 32.3 Å². The molecule has 1 aliphatic rings. The molecule has 0 unspecified atom stereocenters. The molecule has 1 aliphatic carbocycles. The summed E-state index contributed by atoms with van der Waals surface area (Å²) >= 11 is 0. The molecule has 0 heterocycles. The number of para-hydroxylation sites is 1. The van der Waals surface area contributed by atoms with Crippen molar-refractivity contribution in [3.8, 4) is 0 Å². The number of carbonyl (C=O) groups is 1. The van der Waals surface area contributed by atoms with Crippen LogP contribution in [0.4, 0.5) is 17.1 Å². The molecule has 3 heteroatoms. The van der Waals surface area contributed by atoms with Crippen molar-refractivity contribution in [1.82, 2.24) is 0 Å². The van der Waals surface area contributed by atoms with E-state index in [-0.39, 0.29) is 11.8 Å². The number of benzene rings is 2. The standard InChI is InChI=1S/C18H20N2O/c1-2-20(16-6-4-3-5-7-16)17-12-10-15(11-13-17)19-18(21)14-8-9-14/h3-7,10-14H,2,8-9H2,1H3,(H,19,21). The van der Waals surface area contributed by atoms with E-state index in [2.05, 4.69) is 41.4 Å². The number of hydrogen-bond donors (Lipinski definition) is 1. The number of rotatable bonds is 5. The minimum absolute atomic E-state index is 0.151.